The van der Waals surface area contributed by atoms with Crippen LogP contribution in [0, 0.1) is 0 Å². The SMILES string of the molecule is CCN1BCCC1. The normalized spacial score (nSPS) is 22.4. The average molecular weight is 97.0 g/mol. The van der Waals surface area contributed by atoms with Crippen LogP contribution in [0.15, 0.2) is 0 Å². The third-order valence-electron chi connectivity index (χ3n) is 1.65. The van der Waals surface area contributed by atoms with Crippen LogP contribution in [0.25, 0.3) is 0 Å². The van der Waals surface area contributed by atoms with E-state index in [1.807, 2.05) is 0 Å². The lowest BCUT2D eigenvalue weighted by Gasteiger charge is -2.08. The molecule has 0 aliphatic carbocycles. The van der Waals surface area contributed by atoms with Gasteiger partial charge >= 0.3 is 0 Å². The molecule has 1 rings (SSSR count). The summed E-state index contributed by atoms with van der Waals surface area (Å²) < 4.78 is 0. The summed E-state index contributed by atoms with van der Waals surface area (Å²) in [6.45, 7) is 4.82. The van der Waals surface area contributed by atoms with Crippen LogP contribution in [0.4, 0.5) is 0 Å². The monoisotopic (exact) mass is 97.1 g/mol. The first-order chi connectivity index (χ1) is 3.43. The molecule has 0 atom stereocenters. The van der Waals surface area contributed by atoms with Crippen LogP contribution in [0.3, 0.4) is 0 Å². The topological polar surface area (TPSA) is 3.24 Å². The van der Waals surface area contributed by atoms with E-state index in [-0.39, 0.29) is 0 Å². The Hall–Kier alpha value is 0.0249. The molecule has 0 unspecified atom stereocenters. The molecule has 0 saturated carbocycles. The number of hydrogen-bond acceptors (Lipinski definition) is 1. The summed E-state index contributed by atoms with van der Waals surface area (Å²) in [7, 11) is 1.34. The zero-order chi connectivity index (χ0) is 5.11. The van der Waals surface area contributed by atoms with E-state index >= 15 is 0 Å². The van der Waals surface area contributed by atoms with Crippen molar-refractivity contribution in [3.8, 4) is 0 Å². The molecular weight excluding hydrogens is 84.9 g/mol. The minimum Gasteiger partial charge on any atom is -0.345 e. The molecular formula is C5H12BN. The molecule has 0 aromatic rings. The Morgan fingerprint density at radius 2 is 2.57 bits per heavy atom. The van der Waals surface area contributed by atoms with Crippen molar-refractivity contribution >= 4 is 7.41 Å². The second kappa shape index (κ2) is 2.36. The quantitative estimate of drug-likeness (QED) is 0.430. The van der Waals surface area contributed by atoms with E-state index in [1.54, 1.807) is 0 Å². The first-order valence-corrected chi connectivity index (χ1v) is 3.16. The van der Waals surface area contributed by atoms with Gasteiger partial charge in [-0.05, 0) is 19.5 Å². The minimum absolute atomic E-state index is 1.25. The number of hydrogen-bond donors (Lipinski definition) is 0. The van der Waals surface area contributed by atoms with Gasteiger partial charge < -0.3 is 4.81 Å². The minimum atomic E-state index is 1.25. The smallest absolute Gasteiger partial charge is 0.204 e. The largest absolute Gasteiger partial charge is 0.345 e. The van der Waals surface area contributed by atoms with Crippen LogP contribution in [0.2, 0.25) is 6.32 Å². The molecule has 2 heteroatoms. The second-order valence-electron chi connectivity index (χ2n) is 2.14. The van der Waals surface area contributed by atoms with Gasteiger partial charge in [0, 0.05) is 0 Å². The lowest BCUT2D eigenvalue weighted by atomic mass is 9.91. The molecule has 0 radical (unpaired) electrons. The predicted molar refractivity (Wildman–Crippen MR) is 33.8 cm³/mol. The van der Waals surface area contributed by atoms with Crippen molar-refractivity contribution in [1.29, 1.82) is 0 Å². The summed E-state index contributed by atoms with van der Waals surface area (Å²) >= 11 is 0. The third kappa shape index (κ3) is 1.20. The van der Waals surface area contributed by atoms with Crippen LogP contribution in [-0.2, 0) is 0 Å². The van der Waals surface area contributed by atoms with Crippen LogP contribution in [0.5, 0.6) is 0 Å². The summed E-state index contributed by atoms with van der Waals surface area (Å²) in [4.78, 5) is 2.49. The van der Waals surface area contributed by atoms with Crippen molar-refractivity contribution in [2.24, 2.45) is 0 Å². The standard InChI is InChI=1S/C5H12BN/c1-2-7-5-3-4-6-7/h6H,2-5H2,1H3. The highest BCUT2D eigenvalue weighted by Crippen LogP contribution is 2.03. The summed E-state index contributed by atoms with van der Waals surface area (Å²) in [6.07, 6.45) is 2.85. The van der Waals surface area contributed by atoms with E-state index in [1.165, 1.54) is 33.2 Å². The summed E-state index contributed by atoms with van der Waals surface area (Å²) in [6, 6.07) is 0. The van der Waals surface area contributed by atoms with Crippen molar-refractivity contribution in [1.82, 2.24) is 4.81 Å². The molecule has 0 bridgehead atoms. The van der Waals surface area contributed by atoms with Crippen LogP contribution < -0.4 is 0 Å². The molecule has 1 fully saturated rings. The van der Waals surface area contributed by atoms with Gasteiger partial charge in [0.25, 0.3) is 0 Å². The number of nitrogens with zero attached hydrogens (tertiary/aromatic N) is 1. The zero-order valence-corrected chi connectivity index (χ0v) is 4.98. The predicted octanol–water partition coefficient (Wildman–Crippen LogP) is 0.482. The highest BCUT2D eigenvalue weighted by Gasteiger charge is 2.09. The first-order valence-electron chi connectivity index (χ1n) is 3.16. The third-order valence-corrected chi connectivity index (χ3v) is 1.65. The fraction of sp³-hybridized carbons (Fsp3) is 1.00. The molecule has 0 spiro atoms. The molecule has 1 saturated heterocycles. The highest BCUT2D eigenvalue weighted by molar-refractivity contribution is 6.32. The van der Waals surface area contributed by atoms with Gasteiger partial charge in [0.15, 0.2) is 0 Å². The van der Waals surface area contributed by atoms with Gasteiger partial charge in [-0.1, -0.05) is 13.2 Å². The Morgan fingerprint density at radius 3 is 2.86 bits per heavy atom. The maximum absolute atomic E-state index is 2.49. The van der Waals surface area contributed by atoms with E-state index in [4.69, 9.17) is 0 Å². The molecule has 0 aromatic heterocycles. The van der Waals surface area contributed by atoms with Gasteiger partial charge in [-0.25, -0.2) is 0 Å². The Kier molecular flexibility index (Phi) is 1.74. The van der Waals surface area contributed by atoms with Gasteiger partial charge in [-0.2, -0.15) is 0 Å². The Bertz CT molecular complexity index is 50.0. The van der Waals surface area contributed by atoms with Gasteiger partial charge in [-0.3, -0.25) is 0 Å². The zero-order valence-electron chi connectivity index (χ0n) is 4.98. The van der Waals surface area contributed by atoms with Crippen molar-refractivity contribution in [3.05, 3.63) is 0 Å². The lowest BCUT2D eigenvalue weighted by Crippen LogP contribution is -2.20. The number of rotatable bonds is 1. The molecule has 0 N–H and O–H groups in total. The van der Waals surface area contributed by atoms with Gasteiger partial charge in [0.1, 0.15) is 0 Å². The van der Waals surface area contributed by atoms with Gasteiger partial charge in [0.05, 0.1) is 0 Å². The fourth-order valence-corrected chi connectivity index (χ4v) is 1.10. The molecule has 40 valence electrons. The van der Waals surface area contributed by atoms with E-state index in [2.05, 4.69) is 11.7 Å². The average Bonchev–Trinajstić information content (AvgIpc) is 2.14. The van der Waals surface area contributed by atoms with Crippen molar-refractivity contribution in [2.75, 3.05) is 13.1 Å². The Labute approximate surface area is 46.0 Å². The lowest BCUT2D eigenvalue weighted by molar-refractivity contribution is 0.502. The Balaban J connectivity index is 2.14. The van der Waals surface area contributed by atoms with Gasteiger partial charge in [0.2, 0.25) is 7.41 Å². The van der Waals surface area contributed by atoms with Crippen LogP contribution in [0.1, 0.15) is 13.3 Å². The first kappa shape index (κ1) is 5.17. The maximum Gasteiger partial charge on any atom is 0.204 e. The maximum atomic E-state index is 2.49. The second-order valence-corrected chi connectivity index (χ2v) is 2.14. The van der Waals surface area contributed by atoms with E-state index in [9.17, 15) is 0 Å². The van der Waals surface area contributed by atoms with E-state index in [0.29, 0.717) is 0 Å². The molecule has 1 aliphatic rings. The van der Waals surface area contributed by atoms with Crippen LogP contribution >= 0.6 is 0 Å². The molecule has 0 amide bonds. The summed E-state index contributed by atoms with van der Waals surface area (Å²) in [5.74, 6) is 0. The fourth-order valence-electron chi connectivity index (χ4n) is 1.10. The molecule has 7 heavy (non-hydrogen) atoms. The summed E-state index contributed by atoms with van der Waals surface area (Å²) in [5.41, 5.74) is 0. The Morgan fingerprint density at radius 1 is 1.71 bits per heavy atom. The van der Waals surface area contributed by atoms with E-state index in [0.717, 1.165) is 0 Å². The van der Waals surface area contributed by atoms with Crippen LogP contribution in [-0.4, -0.2) is 25.3 Å². The van der Waals surface area contributed by atoms with Crippen molar-refractivity contribution < 1.29 is 0 Å². The molecule has 1 heterocycles. The molecule has 0 aromatic carbocycles. The van der Waals surface area contributed by atoms with Gasteiger partial charge in [-0.15, -0.1) is 0 Å². The molecule has 1 aliphatic heterocycles. The highest BCUT2D eigenvalue weighted by atomic mass is 15.0. The van der Waals surface area contributed by atoms with Crippen molar-refractivity contribution in [2.45, 2.75) is 19.7 Å². The summed E-state index contributed by atoms with van der Waals surface area (Å²) in [5, 5.41) is 0. The van der Waals surface area contributed by atoms with E-state index < -0.39 is 0 Å². The van der Waals surface area contributed by atoms with Crippen molar-refractivity contribution in [3.63, 3.8) is 0 Å². The molecule has 1 nitrogen and oxygen atoms in total.